The first-order valence-electron chi connectivity index (χ1n) is 12.3. The quantitative estimate of drug-likeness (QED) is 0.534. The molecule has 2 heterocycles. The standard InChI is InChI=1S/C27H32ClFN4O3/c1-19(2)27(35)32(12-11-31-13-15-36-16-14-31)18-26(34)33-25(22-5-3-4-6-23(22)28)17-24(30-33)20-7-9-21(29)10-8-20/h3-10,19,25H,11-18H2,1-2H3/t25-/m0/s1. The highest BCUT2D eigenvalue weighted by atomic mass is 35.5. The summed E-state index contributed by atoms with van der Waals surface area (Å²) in [6.07, 6.45) is 0.438. The average molecular weight is 515 g/mol. The molecule has 0 unspecified atom stereocenters. The van der Waals surface area contributed by atoms with Crippen LogP contribution in [0.2, 0.25) is 5.02 Å². The van der Waals surface area contributed by atoms with E-state index < -0.39 is 6.04 Å². The molecule has 1 atom stereocenters. The third kappa shape index (κ3) is 6.30. The molecule has 0 radical (unpaired) electrons. The minimum Gasteiger partial charge on any atom is -0.379 e. The summed E-state index contributed by atoms with van der Waals surface area (Å²) >= 11 is 6.50. The Morgan fingerprint density at radius 2 is 1.83 bits per heavy atom. The molecule has 2 amide bonds. The zero-order valence-corrected chi connectivity index (χ0v) is 21.5. The molecular formula is C27H32ClFN4O3. The normalized spacial score (nSPS) is 18.4. The van der Waals surface area contributed by atoms with Crippen LogP contribution < -0.4 is 0 Å². The highest BCUT2D eigenvalue weighted by Crippen LogP contribution is 2.36. The topological polar surface area (TPSA) is 65.5 Å². The maximum atomic E-state index is 13.6. The van der Waals surface area contributed by atoms with Crippen LogP contribution in [-0.4, -0.2) is 78.3 Å². The smallest absolute Gasteiger partial charge is 0.262 e. The van der Waals surface area contributed by atoms with E-state index in [1.807, 2.05) is 32.0 Å². The Kier molecular flexibility index (Phi) is 8.72. The molecule has 2 aliphatic rings. The fourth-order valence-corrected chi connectivity index (χ4v) is 4.76. The van der Waals surface area contributed by atoms with Gasteiger partial charge in [-0.1, -0.05) is 55.8 Å². The maximum absolute atomic E-state index is 13.6. The van der Waals surface area contributed by atoms with Crippen LogP contribution >= 0.6 is 11.6 Å². The molecule has 0 saturated carbocycles. The van der Waals surface area contributed by atoms with Gasteiger partial charge in [0, 0.05) is 43.5 Å². The molecule has 192 valence electrons. The number of carbonyl (C=O) groups is 2. The Morgan fingerprint density at radius 1 is 1.14 bits per heavy atom. The van der Waals surface area contributed by atoms with Crippen molar-refractivity contribution in [2.75, 3.05) is 45.9 Å². The largest absolute Gasteiger partial charge is 0.379 e. The van der Waals surface area contributed by atoms with Crippen molar-refractivity contribution in [1.82, 2.24) is 14.8 Å². The van der Waals surface area contributed by atoms with Crippen molar-refractivity contribution in [1.29, 1.82) is 0 Å². The maximum Gasteiger partial charge on any atom is 0.262 e. The number of amides is 2. The van der Waals surface area contributed by atoms with E-state index in [-0.39, 0.29) is 30.1 Å². The number of hydrogen-bond acceptors (Lipinski definition) is 5. The predicted octanol–water partition coefficient (Wildman–Crippen LogP) is 3.97. The van der Waals surface area contributed by atoms with Crippen molar-refractivity contribution in [2.45, 2.75) is 26.3 Å². The lowest BCUT2D eigenvalue weighted by atomic mass is 9.98. The van der Waals surface area contributed by atoms with Gasteiger partial charge >= 0.3 is 0 Å². The van der Waals surface area contributed by atoms with Gasteiger partial charge in [0.2, 0.25) is 5.91 Å². The molecule has 9 heteroatoms. The van der Waals surface area contributed by atoms with Gasteiger partial charge < -0.3 is 9.64 Å². The second kappa shape index (κ2) is 12.0. The number of hydrazone groups is 1. The average Bonchev–Trinajstić information content (AvgIpc) is 3.32. The van der Waals surface area contributed by atoms with Crippen molar-refractivity contribution in [3.63, 3.8) is 0 Å². The molecular weight excluding hydrogens is 483 g/mol. The Labute approximate surface area is 216 Å². The summed E-state index contributed by atoms with van der Waals surface area (Å²) in [6, 6.07) is 13.0. The van der Waals surface area contributed by atoms with Gasteiger partial charge in [0.1, 0.15) is 12.4 Å². The third-order valence-corrected chi connectivity index (χ3v) is 6.87. The number of benzene rings is 2. The minimum absolute atomic E-state index is 0.0761. The van der Waals surface area contributed by atoms with Gasteiger partial charge in [-0.3, -0.25) is 14.5 Å². The lowest BCUT2D eigenvalue weighted by Crippen LogP contribution is -2.47. The summed E-state index contributed by atoms with van der Waals surface area (Å²) < 4.78 is 18.9. The molecule has 0 aromatic heterocycles. The van der Waals surface area contributed by atoms with E-state index in [0.29, 0.717) is 43.5 Å². The van der Waals surface area contributed by atoms with Crippen molar-refractivity contribution < 1.29 is 18.7 Å². The van der Waals surface area contributed by atoms with E-state index in [9.17, 15) is 14.0 Å². The highest BCUT2D eigenvalue weighted by molar-refractivity contribution is 6.31. The zero-order valence-electron chi connectivity index (χ0n) is 20.7. The van der Waals surface area contributed by atoms with Gasteiger partial charge in [0.05, 0.1) is 25.0 Å². The summed E-state index contributed by atoms with van der Waals surface area (Å²) in [5.41, 5.74) is 2.19. The Morgan fingerprint density at radius 3 is 2.50 bits per heavy atom. The first kappa shape index (κ1) is 26.3. The second-order valence-corrected chi connectivity index (χ2v) is 9.81. The van der Waals surface area contributed by atoms with Crippen LogP contribution in [0.1, 0.15) is 37.4 Å². The molecule has 36 heavy (non-hydrogen) atoms. The van der Waals surface area contributed by atoms with E-state index in [1.165, 1.54) is 17.1 Å². The fourth-order valence-electron chi connectivity index (χ4n) is 4.50. The predicted molar refractivity (Wildman–Crippen MR) is 137 cm³/mol. The molecule has 0 bridgehead atoms. The van der Waals surface area contributed by atoms with Crippen molar-refractivity contribution in [2.24, 2.45) is 11.0 Å². The van der Waals surface area contributed by atoms with E-state index in [4.69, 9.17) is 16.3 Å². The first-order chi connectivity index (χ1) is 17.3. The SMILES string of the molecule is CC(C)C(=O)N(CCN1CCOCC1)CC(=O)N1N=C(c2ccc(F)cc2)C[C@H]1c1ccccc1Cl. The Bertz CT molecular complexity index is 1100. The number of halogens is 2. The summed E-state index contributed by atoms with van der Waals surface area (Å²) in [7, 11) is 0. The van der Waals surface area contributed by atoms with Crippen LogP contribution in [0.15, 0.2) is 53.6 Å². The molecule has 1 fully saturated rings. The molecule has 4 rings (SSSR count). The Hall–Kier alpha value is -2.81. The lowest BCUT2D eigenvalue weighted by molar-refractivity contribution is -0.143. The summed E-state index contributed by atoms with van der Waals surface area (Å²) in [5.74, 6) is -0.935. The van der Waals surface area contributed by atoms with E-state index >= 15 is 0 Å². The van der Waals surface area contributed by atoms with Crippen molar-refractivity contribution >= 4 is 29.1 Å². The molecule has 0 spiro atoms. The number of morpholine rings is 1. The molecule has 1 saturated heterocycles. The van der Waals surface area contributed by atoms with Crippen LogP contribution in [0.5, 0.6) is 0 Å². The number of rotatable bonds is 8. The Balaban J connectivity index is 1.57. The molecule has 2 aromatic rings. The molecule has 0 aliphatic carbocycles. The summed E-state index contributed by atoms with van der Waals surface area (Å²) in [6.45, 7) is 7.67. The van der Waals surface area contributed by atoms with Gasteiger partial charge in [0.25, 0.3) is 5.91 Å². The van der Waals surface area contributed by atoms with Crippen molar-refractivity contribution in [3.05, 3.63) is 70.5 Å². The van der Waals surface area contributed by atoms with Gasteiger partial charge in [0.15, 0.2) is 0 Å². The lowest BCUT2D eigenvalue weighted by Gasteiger charge is -2.32. The van der Waals surface area contributed by atoms with Crippen LogP contribution in [0.25, 0.3) is 0 Å². The van der Waals surface area contributed by atoms with Gasteiger partial charge in [-0.25, -0.2) is 9.40 Å². The van der Waals surface area contributed by atoms with Crippen LogP contribution in [0.3, 0.4) is 0 Å². The number of nitrogens with zero attached hydrogens (tertiary/aromatic N) is 4. The van der Waals surface area contributed by atoms with Crippen LogP contribution in [-0.2, 0) is 14.3 Å². The van der Waals surface area contributed by atoms with Crippen LogP contribution in [0, 0.1) is 11.7 Å². The molecule has 2 aromatic carbocycles. The van der Waals surface area contributed by atoms with E-state index in [0.717, 1.165) is 24.2 Å². The molecule has 2 aliphatic heterocycles. The number of hydrogen-bond donors (Lipinski definition) is 0. The van der Waals surface area contributed by atoms with Crippen molar-refractivity contribution in [3.8, 4) is 0 Å². The summed E-state index contributed by atoms with van der Waals surface area (Å²) in [4.78, 5) is 30.5. The van der Waals surface area contributed by atoms with E-state index in [1.54, 1.807) is 23.1 Å². The minimum atomic E-state index is -0.415. The highest BCUT2D eigenvalue weighted by Gasteiger charge is 2.35. The molecule has 0 N–H and O–H groups in total. The molecule has 7 nitrogen and oxygen atoms in total. The van der Waals surface area contributed by atoms with Gasteiger partial charge in [-0.2, -0.15) is 5.10 Å². The van der Waals surface area contributed by atoms with Gasteiger partial charge in [-0.15, -0.1) is 0 Å². The number of ether oxygens (including phenoxy) is 1. The second-order valence-electron chi connectivity index (χ2n) is 9.40. The van der Waals surface area contributed by atoms with Gasteiger partial charge in [-0.05, 0) is 29.3 Å². The zero-order chi connectivity index (χ0) is 25.7. The number of carbonyl (C=O) groups excluding carboxylic acids is 2. The fraction of sp³-hybridized carbons (Fsp3) is 0.444. The van der Waals surface area contributed by atoms with Crippen LogP contribution in [0.4, 0.5) is 4.39 Å². The van der Waals surface area contributed by atoms with E-state index in [2.05, 4.69) is 10.0 Å². The third-order valence-electron chi connectivity index (χ3n) is 6.53. The monoisotopic (exact) mass is 514 g/mol. The first-order valence-corrected chi connectivity index (χ1v) is 12.7. The summed E-state index contributed by atoms with van der Waals surface area (Å²) in [5, 5.41) is 6.63.